The quantitative estimate of drug-likeness (QED) is 0.831. The molecule has 0 fully saturated rings. The van der Waals surface area contributed by atoms with Gasteiger partial charge >= 0.3 is 0 Å². The van der Waals surface area contributed by atoms with Crippen molar-refractivity contribution in [1.29, 1.82) is 0 Å². The number of fused-ring (bicyclic) bond motifs is 1. The summed E-state index contributed by atoms with van der Waals surface area (Å²) >= 11 is 0. The number of rotatable bonds is 6. The highest BCUT2D eigenvalue weighted by Gasteiger charge is 2.19. The number of hydrogen-bond donors (Lipinski definition) is 1. The van der Waals surface area contributed by atoms with Crippen LogP contribution in [0.3, 0.4) is 0 Å². The Labute approximate surface area is 136 Å². The van der Waals surface area contributed by atoms with E-state index in [1.165, 1.54) is 5.56 Å². The lowest BCUT2D eigenvalue weighted by Crippen LogP contribution is -2.26. The molecule has 0 spiro atoms. The van der Waals surface area contributed by atoms with Crippen LogP contribution in [0.1, 0.15) is 24.4 Å². The van der Waals surface area contributed by atoms with Crippen molar-refractivity contribution in [3.05, 3.63) is 48.3 Å². The fourth-order valence-corrected chi connectivity index (χ4v) is 2.73. The van der Waals surface area contributed by atoms with Crippen molar-refractivity contribution in [3.8, 4) is 17.2 Å². The van der Waals surface area contributed by atoms with E-state index in [1.54, 1.807) is 19.5 Å². The average Bonchev–Trinajstić information content (AvgIpc) is 2.81. The van der Waals surface area contributed by atoms with Crippen LogP contribution in [0.5, 0.6) is 17.2 Å². The third-order valence-electron chi connectivity index (χ3n) is 3.89. The van der Waals surface area contributed by atoms with Crippen molar-refractivity contribution >= 4 is 0 Å². The van der Waals surface area contributed by atoms with Crippen LogP contribution in [-0.4, -0.2) is 31.9 Å². The molecule has 0 bridgehead atoms. The summed E-state index contributed by atoms with van der Waals surface area (Å²) in [6.07, 6.45) is 5.53. The van der Waals surface area contributed by atoms with Crippen LogP contribution in [0.25, 0.3) is 0 Å². The van der Waals surface area contributed by atoms with Gasteiger partial charge in [-0.1, -0.05) is 6.07 Å². The zero-order valence-electron chi connectivity index (χ0n) is 13.3. The normalized spacial score (nSPS) is 16.8. The molecule has 0 aliphatic carbocycles. The van der Waals surface area contributed by atoms with Gasteiger partial charge in [0.05, 0.1) is 19.9 Å². The van der Waals surface area contributed by atoms with Gasteiger partial charge in [-0.2, -0.15) is 0 Å². The molecule has 5 heteroatoms. The van der Waals surface area contributed by atoms with Crippen molar-refractivity contribution in [1.82, 2.24) is 10.3 Å². The number of nitrogens with zero attached hydrogens (tertiary/aromatic N) is 1. The third-order valence-corrected chi connectivity index (χ3v) is 3.89. The van der Waals surface area contributed by atoms with E-state index in [-0.39, 0.29) is 6.04 Å². The molecule has 2 heterocycles. The van der Waals surface area contributed by atoms with E-state index in [0.29, 0.717) is 6.61 Å². The van der Waals surface area contributed by atoms with Crippen LogP contribution in [0.15, 0.2) is 42.7 Å². The fraction of sp³-hybridized carbons (Fsp3) is 0.389. The second kappa shape index (κ2) is 7.83. The molecule has 122 valence electrons. The summed E-state index contributed by atoms with van der Waals surface area (Å²) in [6, 6.07) is 10.1. The highest BCUT2D eigenvalue weighted by Crippen LogP contribution is 2.34. The molecule has 1 aliphatic rings. The van der Waals surface area contributed by atoms with E-state index >= 15 is 0 Å². The fourth-order valence-electron chi connectivity index (χ4n) is 2.73. The van der Waals surface area contributed by atoms with E-state index < -0.39 is 0 Å². The number of aromatic nitrogens is 1. The summed E-state index contributed by atoms with van der Waals surface area (Å²) in [5, 5.41) is 3.56. The van der Waals surface area contributed by atoms with Crippen LogP contribution in [0, 0.1) is 0 Å². The van der Waals surface area contributed by atoms with Gasteiger partial charge in [0.2, 0.25) is 0 Å². The van der Waals surface area contributed by atoms with Crippen molar-refractivity contribution in [2.45, 2.75) is 18.9 Å². The molecule has 1 aromatic carbocycles. The van der Waals surface area contributed by atoms with E-state index in [0.717, 1.165) is 43.2 Å². The van der Waals surface area contributed by atoms with Crippen LogP contribution < -0.4 is 19.5 Å². The van der Waals surface area contributed by atoms with Crippen LogP contribution in [0.4, 0.5) is 0 Å². The third kappa shape index (κ3) is 4.13. The minimum atomic E-state index is 0.274. The number of benzene rings is 1. The molecule has 0 unspecified atom stereocenters. The van der Waals surface area contributed by atoms with Crippen LogP contribution in [-0.2, 0) is 0 Å². The summed E-state index contributed by atoms with van der Waals surface area (Å²) in [7, 11) is 1.67. The molecule has 0 saturated heterocycles. The minimum Gasteiger partial charge on any atom is -0.497 e. The molecular weight excluding hydrogens is 292 g/mol. The first kappa shape index (κ1) is 15.6. The Morgan fingerprint density at radius 1 is 1.30 bits per heavy atom. The number of ether oxygens (including phenoxy) is 3. The van der Waals surface area contributed by atoms with Gasteiger partial charge in [0.25, 0.3) is 0 Å². The Bertz CT molecular complexity index is 619. The van der Waals surface area contributed by atoms with Crippen molar-refractivity contribution in [2.24, 2.45) is 0 Å². The monoisotopic (exact) mass is 314 g/mol. The van der Waals surface area contributed by atoms with E-state index in [9.17, 15) is 0 Å². The SMILES string of the molecule is COc1ccc2c(c1)OCCC[C@@H]2NCCOc1cccnc1. The molecule has 1 aromatic heterocycles. The summed E-state index contributed by atoms with van der Waals surface area (Å²) in [5.74, 6) is 2.53. The first-order chi connectivity index (χ1) is 11.4. The van der Waals surface area contributed by atoms with E-state index in [1.807, 2.05) is 24.3 Å². The van der Waals surface area contributed by atoms with Gasteiger partial charge in [-0.05, 0) is 31.0 Å². The smallest absolute Gasteiger partial charge is 0.137 e. The molecule has 1 N–H and O–H groups in total. The molecule has 0 amide bonds. The van der Waals surface area contributed by atoms with Crippen LogP contribution in [0.2, 0.25) is 0 Å². The van der Waals surface area contributed by atoms with Gasteiger partial charge in [-0.15, -0.1) is 0 Å². The number of pyridine rings is 1. The van der Waals surface area contributed by atoms with Gasteiger partial charge in [0.15, 0.2) is 0 Å². The second-order valence-corrected chi connectivity index (χ2v) is 5.44. The van der Waals surface area contributed by atoms with Gasteiger partial charge in [0, 0.05) is 30.4 Å². The Kier molecular flexibility index (Phi) is 5.32. The maximum absolute atomic E-state index is 5.84. The first-order valence-corrected chi connectivity index (χ1v) is 7.94. The highest BCUT2D eigenvalue weighted by atomic mass is 16.5. The second-order valence-electron chi connectivity index (χ2n) is 5.44. The minimum absolute atomic E-state index is 0.274. The first-order valence-electron chi connectivity index (χ1n) is 7.94. The van der Waals surface area contributed by atoms with Gasteiger partial charge in [-0.25, -0.2) is 0 Å². The summed E-state index contributed by atoms with van der Waals surface area (Å²) in [4.78, 5) is 4.04. The van der Waals surface area contributed by atoms with E-state index in [4.69, 9.17) is 14.2 Å². The van der Waals surface area contributed by atoms with Gasteiger partial charge in [-0.3, -0.25) is 4.98 Å². The van der Waals surface area contributed by atoms with E-state index in [2.05, 4.69) is 16.4 Å². The predicted molar refractivity (Wildman–Crippen MR) is 88.2 cm³/mol. The summed E-state index contributed by atoms with van der Waals surface area (Å²) < 4.78 is 16.8. The lowest BCUT2D eigenvalue weighted by molar-refractivity contribution is 0.299. The van der Waals surface area contributed by atoms with Gasteiger partial charge < -0.3 is 19.5 Å². The zero-order chi connectivity index (χ0) is 15.9. The molecule has 1 atom stereocenters. The average molecular weight is 314 g/mol. The topological polar surface area (TPSA) is 52.6 Å². The van der Waals surface area contributed by atoms with Crippen LogP contribution >= 0.6 is 0 Å². The summed E-state index contributed by atoms with van der Waals surface area (Å²) in [6.45, 7) is 2.12. The highest BCUT2D eigenvalue weighted by molar-refractivity contribution is 5.43. The molecule has 0 saturated carbocycles. The summed E-state index contributed by atoms with van der Waals surface area (Å²) in [5.41, 5.74) is 1.18. The maximum Gasteiger partial charge on any atom is 0.137 e. The Hall–Kier alpha value is -2.27. The lowest BCUT2D eigenvalue weighted by atomic mass is 10.0. The molecule has 2 aromatic rings. The Morgan fingerprint density at radius 2 is 2.26 bits per heavy atom. The van der Waals surface area contributed by atoms with Crippen molar-refractivity contribution in [2.75, 3.05) is 26.9 Å². The Morgan fingerprint density at radius 3 is 3.09 bits per heavy atom. The molecule has 5 nitrogen and oxygen atoms in total. The van der Waals surface area contributed by atoms with Gasteiger partial charge in [0.1, 0.15) is 23.9 Å². The largest absolute Gasteiger partial charge is 0.497 e. The molecule has 1 aliphatic heterocycles. The standard InChI is InChI=1S/C18H22N2O3/c1-21-14-6-7-16-17(5-3-10-23-18(16)12-14)20-9-11-22-15-4-2-8-19-13-15/h2,4,6-8,12-13,17,20H,3,5,9-11H2,1H3/t17-/m0/s1. The number of hydrogen-bond acceptors (Lipinski definition) is 5. The molecule has 23 heavy (non-hydrogen) atoms. The molecule has 0 radical (unpaired) electrons. The lowest BCUT2D eigenvalue weighted by Gasteiger charge is -2.19. The predicted octanol–water partition coefficient (Wildman–Crippen LogP) is 2.97. The Balaban J connectivity index is 1.57. The number of nitrogens with one attached hydrogen (secondary N) is 1. The van der Waals surface area contributed by atoms with Crippen molar-refractivity contribution in [3.63, 3.8) is 0 Å². The number of methoxy groups -OCH3 is 1. The zero-order valence-corrected chi connectivity index (χ0v) is 13.3. The van der Waals surface area contributed by atoms with Crippen molar-refractivity contribution < 1.29 is 14.2 Å². The molecular formula is C18H22N2O3. The molecule has 3 rings (SSSR count). The maximum atomic E-state index is 5.84.